The Labute approximate surface area is 143 Å². The summed E-state index contributed by atoms with van der Waals surface area (Å²) in [6.45, 7) is 0. The van der Waals surface area contributed by atoms with Gasteiger partial charge in [0.25, 0.3) is 0 Å². The molecule has 2 aromatic carbocycles. The third kappa shape index (κ3) is 2.68. The van der Waals surface area contributed by atoms with Crippen molar-refractivity contribution in [2.24, 2.45) is 0 Å². The third-order valence-electron chi connectivity index (χ3n) is 4.46. The minimum Gasteiger partial charge on any atom is -0.372 e. The van der Waals surface area contributed by atoms with E-state index in [2.05, 4.69) is 50.8 Å². The third-order valence-corrected chi connectivity index (χ3v) is 4.99. The normalized spacial score (nSPS) is 20.0. The van der Waals surface area contributed by atoms with Crippen LogP contribution in [0.5, 0.6) is 0 Å². The number of carbonyl (C=O) groups excluding carboxylic acids is 1. The number of hydrogen-bond donors (Lipinski definition) is 2. The van der Waals surface area contributed by atoms with Crippen LogP contribution in [-0.4, -0.2) is 5.78 Å². The monoisotopic (exact) mass is 368 g/mol. The Balaban J connectivity index is 1.86. The predicted octanol–water partition coefficient (Wildman–Crippen LogP) is 5.03. The van der Waals surface area contributed by atoms with Crippen molar-refractivity contribution in [2.75, 3.05) is 10.6 Å². The van der Waals surface area contributed by atoms with Crippen molar-refractivity contribution in [3.05, 3.63) is 69.8 Å². The van der Waals surface area contributed by atoms with E-state index < -0.39 is 0 Å². The molecule has 0 fully saturated rings. The Morgan fingerprint density at radius 2 is 1.70 bits per heavy atom. The number of nitrogens with one attached hydrogen (secondary N) is 2. The molecule has 4 rings (SSSR count). The fourth-order valence-electron chi connectivity index (χ4n) is 3.34. The van der Waals surface area contributed by atoms with Crippen LogP contribution in [-0.2, 0) is 4.79 Å². The first-order chi connectivity index (χ1) is 11.2. The van der Waals surface area contributed by atoms with Crippen molar-refractivity contribution >= 4 is 33.1 Å². The SMILES string of the molecule is O=C1CCCC2=C1[C@H](c1ccc(Br)cc1)Nc1ccccc1N2. The van der Waals surface area contributed by atoms with Gasteiger partial charge in [-0.25, -0.2) is 0 Å². The number of Topliss-reactive ketones (excluding diaryl/α,β-unsaturated/α-hetero) is 1. The van der Waals surface area contributed by atoms with Crippen LogP contribution < -0.4 is 10.6 Å². The van der Waals surface area contributed by atoms with Gasteiger partial charge in [0.05, 0.1) is 17.4 Å². The van der Waals surface area contributed by atoms with Crippen molar-refractivity contribution in [2.45, 2.75) is 25.3 Å². The number of benzene rings is 2. The molecule has 4 heteroatoms. The van der Waals surface area contributed by atoms with E-state index in [1.807, 2.05) is 24.3 Å². The molecule has 0 aromatic heterocycles. The van der Waals surface area contributed by atoms with Crippen LogP contribution >= 0.6 is 15.9 Å². The highest BCUT2D eigenvalue weighted by molar-refractivity contribution is 9.10. The van der Waals surface area contributed by atoms with Gasteiger partial charge in [0.2, 0.25) is 0 Å². The van der Waals surface area contributed by atoms with Gasteiger partial charge in [-0.15, -0.1) is 0 Å². The maximum Gasteiger partial charge on any atom is 0.163 e. The zero-order valence-corrected chi connectivity index (χ0v) is 14.2. The molecule has 0 saturated carbocycles. The summed E-state index contributed by atoms with van der Waals surface area (Å²) in [5.74, 6) is 0.243. The van der Waals surface area contributed by atoms with E-state index in [1.54, 1.807) is 0 Å². The maximum atomic E-state index is 12.6. The van der Waals surface area contributed by atoms with Crippen LogP contribution in [0.1, 0.15) is 30.9 Å². The van der Waals surface area contributed by atoms with Crippen molar-refractivity contribution in [1.29, 1.82) is 0 Å². The van der Waals surface area contributed by atoms with Gasteiger partial charge in [0.1, 0.15) is 0 Å². The number of anilines is 2. The Kier molecular flexibility index (Phi) is 3.69. The van der Waals surface area contributed by atoms with E-state index in [1.165, 1.54) is 0 Å². The van der Waals surface area contributed by atoms with Crippen LogP contribution in [0, 0.1) is 0 Å². The number of halogens is 1. The highest BCUT2D eigenvalue weighted by Gasteiger charge is 2.31. The lowest BCUT2D eigenvalue weighted by atomic mass is 9.87. The first-order valence-electron chi connectivity index (χ1n) is 7.86. The van der Waals surface area contributed by atoms with Crippen molar-refractivity contribution in [3.8, 4) is 0 Å². The second kappa shape index (κ2) is 5.85. The molecular weight excluding hydrogens is 352 g/mol. The standard InChI is InChI=1S/C19H17BrN2O/c20-13-10-8-12(9-11-13)19-18-16(6-3-7-17(18)23)21-14-4-1-2-5-15(14)22-19/h1-2,4-5,8-11,19,21-22H,3,6-7H2/t19-/m0/s1. The summed E-state index contributed by atoms with van der Waals surface area (Å²) in [6, 6.07) is 16.2. The Bertz CT molecular complexity index is 795. The minimum atomic E-state index is -0.109. The molecule has 1 atom stereocenters. The number of allylic oxidation sites excluding steroid dienone is 1. The molecule has 116 valence electrons. The molecule has 0 bridgehead atoms. The average Bonchev–Trinajstić information content (AvgIpc) is 2.73. The van der Waals surface area contributed by atoms with Crippen LogP contribution in [0.15, 0.2) is 64.3 Å². The number of ketones is 1. The van der Waals surface area contributed by atoms with Gasteiger partial charge in [0, 0.05) is 22.2 Å². The van der Waals surface area contributed by atoms with Crippen LogP contribution in [0.3, 0.4) is 0 Å². The van der Waals surface area contributed by atoms with Gasteiger partial charge >= 0.3 is 0 Å². The molecule has 0 amide bonds. The zero-order valence-electron chi connectivity index (χ0n) is 12.6. The Morgan fingerprint density at radius 3 is 2.48 bits per heavy atom. The van der Waals surface area contributed by atoms with Crippen molar-refractivity contribution in [3.63, 3.8) is 0 Å². The zero-order chi connectivity index (χ0) is 15.8. The van der Waals surface area contributed by atoms with E-state index in [9.17, 15) is 4.79 Å². The highest BCUT2D eigenvalue weighted by Crippen LogP contribution is 2.40. The van der Waals surface area contributed by atoms with Crippen LogP contribution in [0.2, 0.25) is 0 Å². The summed E-state index contributed by atoms with van der Waals surface area (Å²) in [5, 5.41) is 7.06. The molecule has 3 nitrogen and oxygen atoms in total. The molecule has 0 spiro atoms. The largest absolute Gasteiger partial charge is 0.372 e. The number of para-hydroxylation sites is 2. The van der Waals surface area contributed by atoms with Gasteiger partial charge in [-0.1, -0.05) is 40.2 Å². The average molecular weight is 369 g/mol. The first kappa shape index (κ1) is 14.5. The first-order valence-corrected chi connectivity index (χ1v) is 8.66. The number of carbonyl (C=O) groups is 1. The second-order valence-corrected chi connectivity index (χ2v) is 6.88. The molecule has 2 N–H and O–H groups in total. The van der Waals surface area contributed by atoms with E-state index in [0.717, 1.165) is 45.5 Å². The Hall–Kier alpha value is -2.07. The van der Waals surface area contributed by atoms with Gasteiger partial charge in [0.15, 0.2) is 5.78 Å². The molecule has 2 aromatic rings. The summed E-state index contributed by atoms with van der Waals surface area (Å²) in [7, 11) is 0. The molecule has 1 aliphatic heterocycles. The van der Waals surface area contributed by atoms with E-state index in [4.69, 9.17) is 0 Å². The topological polar surface area (TPSA) is 41.1 Å². The molecule has 0 radical (unpaired) electrons. The van der Waals surface area contributed by atoms with Gasteiger partial charge in [-0.3, -0.25) is 4.79 Å². The maximum absolute atomic E-state index is 12.6. The predicted molar refractivity (Wildman–Crippen MR) is 96.5 cm³/mol. The lowest BCUT2D eigenvalue weighted by molar-refractivity contribution is -0.116. The van der Waals surface area contributed by atoms with Crippen molar-refractivity contribution in [1.82, 2.24) is 0 Å². The molecule has 0 saturated heterocycles. The Morgan fingerprint density at radius 1 is 0.957 bits per heavy atom. The van der Waals surface area contributed by atoms with Crippen LogP contribution in [0.25, 0.3) is 0 Å². The molecule has 1 heterocycles. The smallest absolute Gasteiger partial charge is 0.163 e. The van der Waals surface area contributed by atoms with Crippen molar-refractivity contribution < 1.29 is 4.79 Å². The number of rotatable bonds is 1. The second-order valence-electron chi connectivity index (χ2n) is 5.97. The van der Waals surface area contributed by atoms with Gasteiger partial charge in [-0.05, 0) is 42.7 Å². The van der Waals surface area contributed by atoms with E-state index in [-0.39, 0.29) is 11.8 Å². The van der Waals surface area contributed by atoms with Gasteiger partial charge < -0.3 is 10.6 Å². The number of hydrogen-bond acceptors (Lipinski definition) is 3. The molecule has 1 aliphatic carbocycles. The van der Waals surface area contributed by atoms with Gasteiger partial charge in [-0.2, -0.15) is 0 Å². The summed E-state index contributed by atoms with van der Waals surface area (Å²) in [4.78, 5) is 12.6. The molecule has 0 unspecified atom stereocenters. The van der Waals surface area contributed by atoms with E-state index in [0.29, 0.717) is 6.42 Å². The molecule has 2 aliphatic rings. The molecular formula is C19H17BrN2O. The van der Waals surface area contributed by atoms with Crippen LogP contribution in [0.4, 0.5) is 11.4 Å². The summed E-state index contributed by atoms with van der Waals surface area (Å²) < 4.78 is 1.04. The fourth-order valence-corrected chi connectivity index (χ4v) is 3.61. The highest BCUT2D eigenvalue weighted by atomic mass is 79.9. The summed E-state index contributed by atoms with van der Waals surface area (Å²) in [5.41, 5.74) is 5.12. The summed E-state index contributed by atoms with van der Waals surface area (Å²) >= 11 is 3.48. The fraction of sp³-hybridized carbons (Fsp3) is 0.211. The quantitative estimate of drug-likeness (QED) is 0.740. The lowest BCUT2D eigenvalue weighted by Crippen LogP contribution is -2.23. The lowest BCUT2D eigenvalue weighted by Gasteiger charge is -2.25. The summed E-state index contributed by atoms with van der Waals surface area (Å²) in [6.07, 6.45) is 2.47. The number of fused-ring (bicyclic) bond motifs is 1. The van der Waals surface area contributed by atoms with E-state index >= 15 is 0 Å². The molecule has 23 heavy (non-hydrogen) atoms. The minimum absolute atomic E-state index is 0.109.